The summed E-state index contributed by atoms with van der Waals surface area (Å²) >= 11 is 0. The summed E-state index contributed by atoms with van der Waals surface area (Å²) in [5.74, 6) is -3.31. The fourth-order valence-electron chi connectivity index (χ4n) is 1.29. The summed E-state index contributed by atoms with van der Waals surface area (Å²) in [5, 5.41) is 0.324. The molecule has 76 valence electrons. The minimum Gasteiger partial charge on any atom is -0.459 e. The molecule has 1 aromatic heterocycles. The van der Waals surface area contributed by atoms with Crippen molar-refractivity contribution < 1.29 is 22.8 Å². The van der Waals surface area contributed by atoms with Crippen LogP contribution in [-0.2, 0) is 4.79 Å². The van der Waals surface area contributed by atoms with Gasteiger partial charge in [0.25, 0.3) is 5.78 Å². The van der Waals surface area contributed by atoms with Crippen molar-refractivity contribution in [1.82, 2.24) is 0 Å². The van der Waals surface area contributed by atoms with Crippen LogP contribution in [-0.4, -0.2) is 12.1 Å². The standard InChI is InChI=1S/C10H4F2O3/c11-7-1-5-4-15-10(9(14)3-13)6(5)2-8(7)12/h1-4H. The molecule has 3 nitrogen and oxygen atoms in total. The van der Waals surface area contributed by atoms with E-state index < -0.39 is 17.4 Å². The van der Waals surface area contributed by atoms with Crippen molar-refractivity contribution in [1.29, 1.82) is 0 Å². The van der Waals surface area contributed by atoms with E-state index in [1.807, 2.05) is 0 Å². The van der Waals surface area contributed by atoms with Crippen LogP contribution in [0.3, 0.4) is 0 Å². The molecule has 0 saturated carbocycles. The number of Topliss-reactive ketones (excluding diaryl/α,β-unsaturated/α-hetero) is 1. The number of fused-ring (bicyclic) bond motifs is 1. The smallest absolute Gasteiger partial charge is 0.261 e. The molecule has 1 heterocycles. The number of rotatable bonds is 2. The molecule has 2 rings (SSSR count). The Balaban J connectivity index is 2.74. The molecule has 0 fully saturated rings. The molecule has 15 heavy (non-hydrogen) atoms. The first-order valence-electron chi connectivity index (χ1n) is 3.99. The maximum absolute atomic E-state index is 12.9. The van der Waals surface area contributed by atoms with Crippen molar-refractivity contribution in [3.63, 3.8) is 0 Å². The predicted molar refractivity (Wildman–Crippen MR) is 46.5 cm³/mol. The van der Waals surface area contributed by atoms with Crippen molar-refractivity contribution in [2.24, 2.45) is 0 Å². The van der Waals surface area contributed by atoms with Gasteiger partial charge in [0.05, 0.1) is 6.26 Å². The number of halogens is 2. The lowest BCUT2D eigenvalue weighted by Crippen LogP contribution is -1.98. The number of ketones is 1. The third-order valence-electron chi connectivity index (χ3n) is 1.97. The summed E-state index contributed by atoms with van der Waals surface area (Å²) in [5.41, 5.74) is 0. The summed E-state index contributed by atoms with van der Waals surface area (Å²) in [6.45, 7) is 0. The first-order chi connectivity index (χ1) is 7.13. The van der Waals surface area contributed by atoms with Crippen molar-refractivity contribution in [2.45, 2.75) is 0 Å². The Morgan fingerprint density at radius 1 is 1.27 bits per heavy atom. The van der Waals surface area contributed by atoms with Crippen molar-refractivity contribution >= 4 is 22.8 Å². The fourth-order valence-corrected chi connectivity index (χ4v) is 1.29. The number of carbonyl (C=O) groups is 2. The van der Waals surface area contributed by atoms with Crippen LogP contribution in [0, 0.1) is 11.6 Å². The highest BCUT2D eigenvalue weighted by Gasteiger charge is 2.16. The van der Waals surface area contributed by atoms with E-state index in [0.29, 0.717) is 0 Å². The molecule has 2 aromatic rings. The van der Waals surface area contributed by atoms with Crippen molar-refractivity contribution in [3.05, 3.63) is 35.8 Å². The van der Waals surface area contributed by atoms with Gasteiger partial charge in [0.1, 0.15) is 0 Å². The molecule has 0 spiro atoms. The molecular formula is C10H4F2O3. The summed E-state index contributed by atoms with van der Waals surface area (Å²) in [6, 6.07) is 1.72. The summed E-state index contributed by atoms with van der Waals surface area (Å²) < 4.78 is 30.4. The van der Waals surface area contributed by atoms with Crippen molar-refractivity contribution in [3.8, 4) is 0 Å². The topological polar surface area (TPSA) is 47.3 Å². The molecule has 0 unspecified atom stereocenters. The van der Waals surface area contributed by atoms with E-state index in [4.69, 9.17) is 4.42 Å². The van der Waals surface area contributed by atoms with Crippen LogP contribution >= 0.6 is 0 Å². The van der Waals surface area contributed by atoms with Gasteiger partial charge in [-0.3, -0.25) is 9.59 Å². The molecule has 0 saturated heterocycles. The fraction of sp³-hybridized carbons (Fsp3) is 0. The molecule has 0 aliphatic heterocycles. The highest BCUT2D eigenvalue weighted by Crippen LogP contribution is 2.23. The summed E-state index contributed by atoms with van der Waals surface area (Å²) in [7, 11) is 0. The molecular weight excluding hydrogens is 206 g/mol. The minimum atomic E-state index is -1.09. The van der Waals surface area contributed by atoms with E-state index in [0.717, 1.165) is 18.4 Å². The van der Waals surface area contributed by atoms with Gasteiger partial charge in [-0.25, -0.2) is 8.78 Å². The highest BCUT2D eigenvalue weighted by molar-refractivity contribution is 6.35. The highest BCUT2D eigenvalue weighted by atomic mass is 19.2. The third-order valence-corrected chi connectivity index (χ3v) is 1.97. The normalized spacial score (nSPS) is 10.5. The van der Waals surface area contributed by atoms with Gasteiger partial charge >= 0.3 is 0 Å². The quantitative estimate of drug-likeness (QED) is 0.433. The number of furan rings is 1. The van der Waals surface area contributed by atoms with E-state index in [9.17, 15) is 18.4 Å². The molecule has 5 heteroatoms. The largest absolute Gasteiger partial charge is 0.459 e. The van der Waals surface area contributed by atoms with Gasteiger partial charge in [-0.2, -0.15) is 0 Å². The molecule has 0 aliphatic carbocycles. The minimum absolute atomic E-state index is 0.0551. The second-order valence-electron chi connectivity index (χ2n) is 2.90. The molecule has 0 radical (unpaired) electrons. The van der Waals surface area contributed by atoms with Gasteiger partial charge in [0, 0.05) is 10.8 Å². The molecule has 0 N–H and O–H groups in total. The number of benzene rings is 1. The first-order valence-corrected chi connectivity index (χ1v) is 3.99. The van der Waals surface area contributed by atoms with Gasteiger partial charge in [0.2, 0.25) is 0 Å². The number of hydrogen-bond donors (Lipinski definition) is 0. The molecule has 0 atom stereocenters. The Bertz CT molecular complexity index is 557. The van der Waals surface area contributed by atoms with Gasteiger partial charge in [-0.05, 0) is 12.1 Å². The van der Waals surface area contributed by atoms with Gasteiger partial charge < -0.3 is 4.42 Å². The van der Waals surface area contributed by atoms with Crippen molar-refractivity contribution in [2.75, 3.05) is 0 Å². The maximum Gasteiger partial charge on any atom is 0.261 e. The van der Waals surface area contributed by atoms with E-state index >= 15 is 0 Å². The van der Waals surface area contributed by atoms with Crippen LogP contribution in [0.2, 0.25) is 0 Å². The second kappa shape index (κ2) is 3.27. The molecule has 1 aromatic carbocycles. The van der Waals surface area contributed by atoms with E-state index in [2.05, 4.69) is 0 Å². The van der Waals surface area contributed by atoms with Crippen LogP contribution in [0.1, 0.15) is 10.6 Å². The zero-order valence-electron chi connectivity index (χ0n) is 7.29. The summed E-state index contributed by atoms with van der Waals surface area (Å²) in [4.78, 5) is 21.2. The van der Waals surface area contributed by atoms with Gasteiger partial charge in [0.15, 0.2) is 23.7 Å². The van der Waals surface area contributed by atoms with Crippen LogP contribution in [0.4, 0.5) is 8.78 Å². The Hall–Kier alpha value is -2.04. The number of aldehydes is 1. The lowest BCUT2D eigenvalue weighted by atomic mass is 10.1. The molecule has 0 aliphatic rings. The lowest BCUT2D eigenvalue weighted by molar-refractivity contribution is -0.104. The van der Waals surface area contributed by atoms with Gasteiger partial charge in [-0.1, -0.05) is 0 Å². The van der Waals surface area contributed by atoms with Gasteiger partial charge in [-0.15, -0.1) is 0 Å². The van der Waals surface area contributed by atoms with E-state index in [-0.39, 0.29) is 22.8 Å². The third kappa shape index (κ3) is 1.41. The second-order valence-corrected chi connectivity index (χ2v) is 2.90. The Kier molecular flexibility index (Phi) is 2.07. The van der Waals surface area contributed by atoms with E-state index in [1.165, 1.54) is 0 Å². The number of carbonyl (C=O) groups excluding carboxylic acids is 2. The van der Waals surface area contributed by atoms with Crippen LogP contribution < -0.4 is 0 Å². The van der Waals surface area contributed by atoms with Crippen LogP contribution in [0.5, 0.6) is 0 Å². The van der Waals surface area contributed by atoms with Crippen LogP contribution in [0.25, 0.3) is 10.8 Å². The monoisotopic (exact) mass is 210 g/mol. The molecule has 0 amide bonds. The predicted octanol–water partition coefficient (Wildman–Crippen LogP) is 2.09. The zero-order chi connectivity index (χ0) is 11.0. The first kappa shape index (κ1) is 9.51. The Morgan fingerprint density at radius 2 is 1.93 bits per heavy atom. The average Bonchev–Trinajstić information content (AvgIpc) is 2.61. The Morgan fingerprint density at radius 3 is 2.60 bits per heavy atom. The number of hydrogen-bond acceptors (Lipinski definition) is 3. The Labute approximate surface area is 82.3 Å². The average molecular weight is 210 g/mol. The maximum atomic E-state index is 12.9. The summed E-state index contributed by atoms with van der Waals surface area (Å²) in [6.07, 6.45) is 1.15. The SMILES string of the molecule is O=CC(=O)c1occ2cc(F)c(F)cc12. The van der Waals surface area contributed by atoms with E-state index in [1.54, 1.807) is 0 Å². The van der Waals surface area contributed by atoms with Crippen LogP contribution in [0.15, 0.2) is 22.8 Å². The zero-order valence-corrected chi connectivity index (χ0v) is 7.29. The lowest BCUT2D eigenvalue weighted by Gasteiger charge is -1.93. The molecule has 0 bridgehead atoms.